The van der Waals surface area contributed by atoms with E-state index in [9.17, 15) is 14.7 Å². The Hall–Kier alpha value is -2.73. The number of aliphatic carboxylic acids is 1. The molecule has 4 rings (SSSR count). The summed E-state index contributed by atoms with van der Waals surface area (Å²) in [5.74, 6) is -2.08. The molecule has 2 aromatic carbocycles. The van der Waals surface area contributed by atoms with E-state index in [1.165, 1.54) is 5.69 Å². The van der Waals surface area contributed by atoms with E-state index in [0.717, 1.165) is 49.7 Å². The average Bonchev–Trinajstić information content (AvgIpc) is 2.80. The SMILES string of the molecule is O=C(O)[C@H]1CCCC[C@@H]1C(=O)Nc1ccc(N2CCN(c3ccc(Cl)cc3)CC2)cc1. The first-order valence-electron chi connectivity index (χ1n) is 10.9. The van der Waals surface area contributed by atoms with Gasteiger partial charge in [0.25, 0.3) is 0 Å². The standard InChI is InChI=1S/C24H28ClN3O3/c25-17-5-9-19(10-6-17)27-13-15-28(16-14-27)20-11-7-18(8-12-20)26-23(29)21-3-1-2-4-22(21)24(30)31/h5-12,21-22H,1-4,13-16H2,(H,26,29)(H,30,31)/t21-,22-/m0/s1. The molecule has 2 aliphatic rings. The van der Waals surface area contributed by atoms with Crippen molar-refractivity contribution in [3.8, 4) is 0 Å². The lowest BCUT2D eigenvalue weighted by molar-refractivity contribution is -0.147. The van der Waals surface area contributed by atoms with Crippen molar-refractivity contribution >= 4 is 40.5 Å². The van der Waals surface area contributed by atoms with Crippen LogP contribution in [0.25, 0.3) is 0 Å². The van der Waals surface area contributed by atoms with Crippen molar-refractivity contribution in [1.29, 1.82) is 0 Å². The molecule has 0 unspecified atom stereocenters. The van der Waals surface area contributed by atoms with E-state index in [0.29, 0.717) is 18.5 Å². The lowest BCUT2D eigenvalue weighted by atomic mass is 9.78. The fraction of sp³-hybridized carbons (Fsp3) is 0.417. The van der Waals surface area contributed by atoms with E-state index >= 15 is 0 Å². The highest BCUT2D eigenvalue weighted by molar-refractivity contribution is 6.30. The maximum atomic E-state index is 12.7. The molecule has 1 heterocycles. The van der Waals surface area contributed by atoms with E-state index in [1.54, 1.807) is 0 Å². The molecule has 2 fully saturated rings. The summed E-state index contributed by atoms with van der Waals surface area (Å²) < 4.78 is 0. The normalized spacial score (nSPS) is 21.6. The predicted molar refractivity (Wildman–Crippen MR) is 124 cm³/mol. The van der Waals surface area contributed by atoms with Gasteiger partial charge in [-0.2, -0.15) is 0 Å². The van der Waals surface area contributed by atoms with Gasteiger partial charge < -0.3 is 20.2 Å². The minimum absolute atomic E-state index is 0.184. The molecule has 1 saturated carbocycles. The zero-order valence-corrected chi connectivity index (χ0v) is 18.2. The van der Waals surface area contributed by atoms with Crippen LogP contribution in [0.5, 0.6) is 0 Å². The van der Waals surface area contributed by atoms with Crippen LogP contribution in [0.2, 0.25) is 5.02 Å². The number of carbonyl (C=O) groups excluding carboxylic acids is 1. The topological polar surface area (TPSA) is 72.9 Å². The minimum atomic E-state index is -0.868. The molecular weight excluding hydrogens is 414 g/mol. The van der Waals surface area contributed by atoms with Gasteiger partial charge in [-0.05, 0) is 61.4 Å². The third-order valence-corrected chi connectivity index (χ3v) is 6.64. The number of carbonyl (C=O) groups is 2. The third-order valence-electron chi connectivity index (χ3n) is 6.39. The highest BCUT2D eigenvalue weighted by Gasteiger charge is 2.35. The summed E-state index contributed by atoms with van der Waals surface area (Å²) >= 11 is 5.98. The lowest BCUT2D eigenvalue weighted by Gasteiger charge is -2.37. The fourth-order valence-electron chi connectivity index (χ4n) is 4.61. The van der Waals surface area contributed by atoms with Crippen LogP contribution in [-0.4, -0.2) is 43.2 Å². The van der Waals surface area contributed by atoms with Gasteiger partial charge in [0.2, 0.25) is 5.91 Å². The Bertz CT molecular complexity index is 909. The van der Waals surface area contributed by atoms with Crippen molar-refractivity contribution in [2.24, 2.45) is 11.8 Å². The second-order valence-corrected chi connectivity index (χ2v) is 8.76. The first-order valence-corrected chi connectivity index (χ1v) is 11.3. The van der Waals surface area contributed by atoms with Gasteiger partial charge in [0.1, 0.15) is 0 Å². The van der Waals surface area contributed by atoms with E-state index in [4.69, 9.17) is 11.6 Å². The van der Waals surface area contributed by atoms with Crippen molar-refractivity contribution < 1.29 is 14.7 Å². The van der Waals surface area contributed by atoms with E-state index in [1.807, 2.05) is 36.4 Å². The van der Waals surface area contributed by atoms with E-state index < -0.39 is 17.8 Å². The van der Waals surface area contributed by atoms with Crippen LogP contribution < -0.4 is 15.1 Å². The minimum Gasteiger partial charge on any atom is -0.481 e. The number of anilines is 3. The molecule has 0 aromatic heterocycles. The molecule has 2 atom stereocenters. The zero-order valence-electron chi connectivity index (χ0n) is 17.5. The Kier molecular flexibility index (Phi) is 6.66. The summed E-state index contributed by atoms with van der Waals surface area (Å²) in [5.41, 5.74) is 3.02. The van der Waals surface area contributed by atoms with Crippen LogP contribution in [0.15, 0.2) is 48.5 Å². The molecule has 7 heteroatoms. The quantitative estimate of drug-likeness (QED) is 0.714. The summed E-state index contributed by atoms with van der Waals surface area (Å²) in [6, 6.07) is 15.8. The Balaban J connectivity index is 1.33. The monoisotopic (exact) mass is 441 g/mol. The van der Waals surface area contributed by atoms with Gasteiger partial charge in [-0.25, -0.2) is 0 Å². The molecule has 2 aromatic rings. The number of nitrogens with one attached hydrogen (secondary N) is 1. The third kappa shape index (κ3) is 5.13. The maximum absolute atomic E-state index is 12.7. The molecule has 1 aliphatic carbocycles. The molecule has 1 aliphatic heterocycles. The molecule has 0 spiro atoms. The molecule has 0 bridgehead atoms. The zero-order chi connectivity index (χ0) is 21.8. The molecule has 1 amide bonds. The van der Waals surface area contributed by atoms with Crippen molar-refractivity contribution in [3.05, 3.63) is 53.6 Å². The average molecular weight is 442 g/mol. The Morgan fingerprint density at radius 1 is 0.806 bits per heavy atom. The highest BCUT2D eigenvalue weighted by atomic mass is 35.5. The largest absolute Gasteiger partial charge is 0.481 e. The number of amides is 1. The van der Waals surface area contributed by atoms with Gasteiger partial charge in [0.15, 0.2) is 0 Å². The molecule has 0 radical (unpaired) electrons. The van der Waals surface area contributed by atoms with Gasteiger partial charge in [-0.1, -0.05) is 24.4 Å². The van der Waals surface area contributed by atoms with Crippen LogP contribution in [0.1, 0.15) is 25.7 Å². The number of carboxylic acids is 1. The van der Waals surface area contributed by atoms with E-state index in [-0.39, 0.29) is 5.91 Å². The van der Waals surface area contributed by atoms with Gasteiger partial charge in [-0.15, -0.1) is 0 Å². The summed E-state index contributed by atoms with van der Waals surface area (Å²) in [6.45, 7) is 3.68. The second-order valence-electron chi connectivity index (χ2n) is 8.32. The number of hydrogen-bond acceptors (Lipinski definition) is 4. The number of piperazine rings is 1. The van der Waals surface area contributed by atoms with Crippen LogP contribution >= 0.6 is 11.6 Å². The van der Waals surface area contributed by atoms with Crippen molar-refractivity contribution in [2.75, 3.05) is 41.3 Å². The number of hydrogen-bond donors (Lipinski definition) is 2. The van der Waals surface area contributed by atoms with Crippen LogP contribution in [0.3, 0.4) is 0 Å². The van der Waals surface area contributed by atoms with Gasteiger partial charge in [-0.3, -0.25) is 9.59 Å². The molecule has 2 N–H and O–H groups in total. The van der Waals surface area contributed by atoms with Crippen molar-refractivity contribution in [3.63, 3.8) is 0 Å². The number of nitrogens with zero attached hydrogens (tertiary/aromatic N) is 2. The number of benzene rings is 2. The Morgan fingerprint density at radius 3 is 1.81 bits per heavy atom. The van der Waals surface area contributed by atoms with Gasteiger partial charge >= 0.3 is 5.97 Å². The van der Waals surface area contributed by atoms with Crippen molar-refractivity contribution in [1.82, 2.24) is 0 Å². The maximum Gasteiger partial charge on any atom is 0.307 e. The second kappa shape index (κ2) is 9.60. The highest BCUT2D eigenvalue weighted by Crippen LogP contribution is 2.31. The first kappa shape index (κ1) is 21.5. The summed E-state index contributed by atoms with van der Waals surface area (Å²) in [4.78, 5) is 28.8. The Morgan fingerprint density at radius 2 is 1.29 bits per heavy atom. The van der Waals surface area contributed by atoms with Crippen molar-refractivity contribution in [2.45, 2.75) is 25.7 Å². The molecule has 164 valence electrons. The Labute approximate surface area is 187 Å². The van der Waals surface area contributed by atoms with Crippen LogP contribution in [0.4, 0.5) is 17.1 Å². The van der Waals surface area contributed by atoms with Crippen LogP contribution in [-0.2, 0) is 9.59 Å². The van der Waals surface area contributed by atoms with E-state index in [2.05, 4.69) is 27.2 Å². The fourth-order valence-corrected chi connectivity index (χ4v) is 4.73. The smallest absolute Gasteiger partial charge is 0.307 e. The van der Waals surface area contributed by atoms with Crippen LogP contribution in [0, 0.1) is 11.8 Å². The van der Waals surface area contributed by atoms with Gasteiger partial charge in [0.05, 0.1) is 11.8 Å². The lowest BCUT2D eigenvalue weighted by Crippen LogP contribution is -2.46. The summed E-state index contributed by atoms with van der Waals surface area (Å²) in [6.07, 6.45) is 3.00. The molecule has 6 nitrogen and oxygen atoms in total. The predicted octanol–water partition coefficient (Wildman–Crippen LogP) is 4.50. The number of halogens is 1. The first-order chi connectivity index (χ1) is 15.0. The summed E-state index contributed by atoms with van der Waals surface area (Å²) in [5, 5.41) is 13.1. The number of carboxylic acid groups (broad SMARTS) is 1. The number of rotatable bonds is 5. The molecule has 31 heavy (non-hydrogen) atoms. The molecular formula is C24H28ClN3O3. The molecule has 1 saturated heterocycles. The van der Waals surface area contributed by atoms with Gasteiger partial charge in [0, 0.05) is 48.3 Å². The summed E-state index contributed by atoms with van der Waals surface area (Å²) in [7, 11) is 0.